The Hall–Kier alpha value is -3.83. The fourth-order valence-electron chi connectivity index (χ4n) is 4.31. The second-order valence-corrected chi connectivity index (χ2v) is 9.13. The highest BCUT2D eigenvalue weighted by atomic mass is 32.1. The van der Waals surface area contributed by atoms with Gasteiger partial charge in [-0.15, -0.1) is 11.3 Å². The molecule has 0 N–H and O–H groups in total. The number of fused-ring (bicyclic) bond motifs is 1. The van der Waals surface area contributed by atoms with E-state index in [0.29, 0.717) is 0 Å². The van der Waals surface area contributed by atoms with E-state index < -0.39 is 0 Å². The first-order chi connectivity index (χ1) is 16.3. The number of thiophene rings is 1. The molecule has 4 nitrogen and oxygen atoms in total. The third-order valence-electron chi connectivity index (χ3n) is 6.04. The third kappa shape index (κ3) is 4.03. The zero-order chi connectivity index (χ0) is 22.0. The van der Waals surface area contributed by atoms with E-state index in [4.69, 9.17) is 9.97 Å². The molecule has 0 saturated heterocycles. The number of hydrogen-bond acceptors (Lipinski definition) is 5. The van der Waals surface area contributed by atoms with Crippen molar-refractivity contribution in [2.24, 2.45) is 0 Å². The maximum absolute atomic E-state index is 4.99. The van der Waals surface area contributed by atoms with Crippen molar-refractivity contribution in [2.75, 3.05) is 11.4 Å². The van der Waals surface area contributed by atoms with E-state index in [1.54, 1.807) is 11.3 Å². The number of hydrogen-bond donors (Lipinski definition) is 0. The van der Waals surface area contributed by atoms with Crippen LogP contribution in [0.2, 0.25) is 0 Å². The Balaban J connectivity index is 1.45. The van der Waals surface area contributed by atoms with Crippen LogP contribution in [0, 0.1) is 0 Å². The quantitative estimate of drug-likeness (QED) is 0.316. The second-order valence-electron chi connectivity index (χ2n) is 8.18. The molecule has 0 radical (unpaired) electrons. The monoisotopic (exact) mass is 446 g/mol. The summed E-state index contributed by atoms with van der Waals surface area (Å²) in [6.45, 7) is 1.80. The van der Waals surface area contributed by atoms with Crippen LogP contribution in [-0.2, 0) is 13.0 Å². The molecule has 1 aliphatic rings. The van der Waals surface area contributed by atoms with Crippen LogP contribution >= 0.6 is 11.3 Å². The van der Waals surface area contributed by atoms with Crippen LogP contribution in [0.1, 0.15) is 11.1 Å². The van der Waals surface area contributed by atoms with E-state index in [9.17, 15) is 0 Å². The van der Waals surface area contributed by atoms with Crippen molar-refractivity contribution in [3.8, 4) is 33.1 Å². The van der Waals surface area contributed by atoms with Crippen LogP contribution in [0.5, 0.6) is 0 Å². The van der Waals surface area contributed by atoms with Gasteiger partial charge in [-0.3, -0.25) is 4.98 Å². The van der Waals surface area contributed by atoms with Gasteiger partial charge in [-0.25, -0.2) is 9.97 Å². The molecule has 0 aliphatic carbocycles. The van der Waals surface area contributed by atoms with Crippen LogP contribution < -0.4 is 4.90 Å². The van der Waals surface area contributed by atoms with Crippen molar-refractivity contribution in [2.45, 2.75) is 13.0 Å². The lowest BCUT2D eigenvalue weighted by Crippen LogP contribution is -2.31. The predicted molar refractivity (Wildman–Crippen MR) is 135 cm³/mol. The van der Waals surface area contributed by atoms with Gasteiger partial charge in [-0.2, -0.15) is 0 Å². The smallest absolute Gasteiger partial charge is 0.162 e. The van der Waals surface area contributed by atoms with Gasteiger partial charge in [0.2, 0.25) is 0 Å². The fourth-order valence-corrected chi connectivity index (χ4v) is 5.02. The lowest BCUT2D eigenvalue weighted by molar-refractivity contribution is 0.720. The van der Waals surface area contributed by atoms with Crippen LogP contribution in [0.15, 0.2) is 96.6 Å². The fraction of sp³-hybridized carbons (Fsp3) is 0.107. The molecule has 3 aromatic heterocycles. The van der Waals surface area contributed by atoms with Gasteiger partial charge >= 0.3 is 0 Å². The van der Waals surface area contributed by atoms with Crippen molar-refractivity contribution in [1.82, 2.24) is 15.0 Å². The van der Waals surface area contributed by atoms with Crippen molar-refractivity contribution in [3.63, 3.8) is 0 Å². The molecule has 33 heavy (non-hydrogen) atoms. The highest BCUT2D eigenvalue weighted by Gasteiger charge is 2.19. The zero-order valence-electron chi connectivity index (χ0n) is 18.1. The molecule has 160 valence electrons. The summed E-state index contributed by atoms with van der Waals surface area (Å²) in [5, 5.41) is 2.09. The highest BCUT2D eigenvalue weighted by Crippen LogP contribution is 2.31. The molecule has 0 saturated carbocycles. The minimum absolute atomic E-state index is 0.739. The van der Waals surface area contributed by atoms with Gasteiger partial charge in [-0.05, 0) is 35.1 Å². The summed E-state index contributed by atoms with van der Waals surface area (Å²) in [6, 6.07) is 27.4. The Bertz CT molecular complexity index is 1400. The number of benzene rings is 2. The molecule has 6 rings (SSSR count). The third-order valence-corrected chi connectivity index (χ3v) is 6.96. The molecule has 0 unspecified atom stereocenters. The number of nitrogens with zero attached hydrogens (tertiary/aromatic N) is 4. The average Bonchev–Trinajstić information content (AvgIpc) is 3.44. The van der Waals surface area contributed by atoms with Crippen molar-refractivity contribution in [1.29, 1.82) is 0 Å². The van der Waals surface area contributed by atoms with Gasteiger partial charge in [-0.1, -0.05) is 60.7 Å². The molecule has 5 aromatic rings. The summed E-state index contributed by atoms with van der Waals surface area (Å²) in [6.07, 6.45) is 4.83. The molecular formula is C28H22N4S. The summed E-state index contributed by atoms with van der Waals surface area (Å²) in [7, 11) is 0. The van der Waals surface area contributed by atoms with E-state index in [2.05, 4.69) is 75.9 Å². The van der Waals surface area contributed by atoms with E-state index in [0.717, 1.165) is 53.5 Å². The average molecular weight is 447 g/mol. The first kappa shape index (κ1) is 19.8. The largest absolute Gasteiger partial charge is 0.352 e. The Labute approximate surface area is 197 Å². The Kier molecular flexibility index (Phi) is 5.17. The van der Waals surface area contributed by atoms with Gasteiger partial charge in [0.05, 0.1) is 5.69 Å². The highest BCUT2D eigenvalue weighted by molar-refractivity contribution is 7.13. The van der Waals surface area contributed by atoms with Crippen LogP contribution in [-0.4, -0.2) is 21.5 Å². The van der Waals surface area contributed by atoms with E-state index in [-0.39, 0.29) is 0 Å². The number of aromatic nitrogens is 3. The lowest BCUT2D eigenvalue weighted by Gasteiger charge is -2.30. The topological polar surface area (TPSA) is 41.9 Å². The SMILES string of the molecule is c1ccc(-c2nc(-c3cncc(-c4cccs4)c3)cc(N3CCc4ccccc4C3)n2)cc1. The summed E-state index contributed by atoms with van der Waals surface area (Å²) in [5.41, 5.74) is 6.81. The molecule has 0 bridgehead atoms. The van der Waals surface area contributed by atoms with Gasteiger partial charge < -0.3 is 4.90 Å². The molecule has 1 aliphatic heterocycles. The van der Waals surface area contributed by atoms with Gasteiger partial charge in [0.15, 0.2) is 5.82 Å². The molecule has 0 amide bonds. The Morgan fingerprint density at radius 1 is 0.727 bits per heavy atom. The van der Waals surface area contributed by atoms with Crippen molar-refractivity contribution >= 4 is 17.2 Å². The van der Waals surface area contributed by atoms with Crippen LogP contribution in [0.3, 0.4) is 0 Å². The van der Waals surface area contributed by atoms with Crippen molar-refractivity contribution < 1.29 is 0 Å². The van der Waals surface area contributed by atoms with Crippen molar-refractivity contribution in [3.05, 3.63) is 108 Å². The molecule has 0 spiro atoms. The van der Waals surface area contributed by atoms with E-state index >= 15 is 0 Å². The van der Waals surface area contributed by atoms with Gasteiger partial charge in [0, 0.05) is 53.1 Å². The minimum Gasteiger partial charge on any atom is -0.352 e. The zero-order valence-corrected chi connectivity index (χ0v) is 18.9. The van der Waals surface area contributed by atoms with Gasteiger partial charge in [0.25, 0.3) is 0 Å². The number of rotatable bonds is 4. The second kappa shape index (κ2) is 8.60. The van der Waals surface area contributed by atoms with Crippen LogP contribution in [0.25, 0.3) is 33.1 Å². The molecule has 0 fully saturated rings. The molecular weight excluding hydrogens is 424 g/mol. The maximum Gasteiger partial charge on any atom is 0.162 e. The van der Waals surface area contributed by atoms with Gasteiger partial charge in [0.1, 0.15) is 5.82 Å². The summed E-state index contributed by atoms with van der Waals surface area (Å²) in [4.78, 5) is 18.0. The normalized spacial score (nSPS) is 13.0. The summed E-state index contributed by atoms with van der Waals surface area (Å²) in [5.74, 6) is 1.69. The van der Waals surface area contributed by atoms with E-state index in [1.807, 2.05) is 30.6 Å². The summed E-state index contributed by atoms with van der Waals surface area (Å²) >= 11 is 1.72. The Morgan fingerprint density at radius 3 is 2.39 bits per heavy atom. The molecule has 2 aromatic carbocycles. The standard InChI is InChI=1S/C28H22N4S/c1-2-8-21(9-3-1)28-30-25(23-15-24(18-29-17-23)26-11-6-14-33-26)16-27(31-28)32-13-12-20-7-4-5-10-22(20)19-32/h1-11,14-18H,12-13,19H2. The molecule has 5 heteroatoms. The maximum atomic E-state index is 4.99. The molecule has 4 heterocycles. The number of anilines is 1. The first-order valence-electron chi connectivity index (χ1n) is 11.1. The predicted octanol–water partition coefficient (Wildman–Crippen LogP) is 6.50. The summed E-state index contributed by atoms with van der Waals surface area (Å²) < 4.78 is 0. The Morgan fingerprint density at radius 2 is 1.55 bits per heavy atom. The van der Waals surface area contributed by atoms with E-state index in [1.165, 1.54) is 16.0 Å². The minimum atomic E-state index is 0.739. The number of pyridine rings is 1. The lowest BCUT2D eigenvalue weighted by atomic mass is 10.00. The first-order valence-corrected chi connectivity index (χ1v) is 12.0. The van der Waals surface area contributed by atoms with Crippen LogP contribution in [0.4, 0.5) is 5.82 Å². The molecule has 0 atom stereocenters.